The topological polar surface area (TPSA) is 73.6 Å². The third kappa shape index (κ3) is 3.54. The van der Waals surface area contributed by atoms with Gasteiger partial charge in [0.1, 0.15) is 11.9 Å². The largest absolute Gasteiger partial charge is 0.490 e. The maximum absolute atomic E-state index is 12.5. The van der Waals surface area contributed by atoms with Crippen molar-refractivity contribution in [1.29, 1.82) is 0 Å². The van der Waals surface area contributed by atoms with Crippen molar-refractivity contribution in [2.24, 2.45) is 0 Å². The summed E-state index contributed by atoms with van der Waals surface area (Å²) >= 11 is 0. The van der Waals surface area contributed by atoms with Crippen LogP contribution in [-0.4, -0.2) is 23.6 Å². The van der Waals surface area contributed by atoms with Crippen LogP contribution >= 0.6 is 0 Å². The van der Waals surface area contributed by atoms with Gasteiger partial charge in [-0.15, -0.1) is 0 Å². The summed E-state index contributed by atoms with van der Waals surface area (Å²) in [4.78, 5) is 16.6. The van der Waals surface area contributed by atoms with E-state index in [0.717, 1.165) is 37.0 Å². The minimum absolute atomic E-state index is 0.169. The van der Waals surface area contributed by atoms with Crippen molar-refractivity contribution in [2.75, 3.05) is 6.61 Å². The van der Waals surface area contributed by atoms with Crippen LogP contribution in [0.15, 0.2) is 35.1 Å². The van der Waals surface area contributed by atoms with E-state index in [1.807, 2.05) is 24.3 Å². The van der Waals surface area contributed by atoms with Gasteiger partial charge in [-0.1, -0.05) is 18.2 Å². The first-order valence-corrected chi connectivity index (χ1v) is 8.89. The molecule has 0 spiro atoms. The molecule has 1 aliphatic carbocycles. The SMILES string of the molecule is O=C(NCc1ccccc1OC1CCC1)c1ncoc1[C@@H]1CCCO1. The molecule has 25 heavy (non-hydrogen) atoms. The van der Waals surface area contributed by atoms with Crippen LogP contribution in [0, 0.1) is 0 Å². The number of carbonyl (C=O) groups is 1. The number of nitrogens with one attached hydrogen (secondary N) is 1. The summed E-state index contributed by atoms with van der Waals surface area (Å²) in [5, 5.41) is 2.92. The predicted octanol–water partition coefficient (Wildman–Crippen LogP) is 3.39. The van der Waals surface area contributed by atoms with Crippen molar-refractivity contribution < 1.29 is 18.7 Å². The van der Waals surface area contributed by atoms with E-state index in [9.17, 15) is 4.79 Å². The van der Waals surface area contributed by atoms with E-state index >= 15 is 0 Å². The molecule has 1 atom stereocenters. The number of ether oxygens (including phenoxy) is 2. The number of para-hydroxylation sites is 1. The molecule has 2 fully saturated rings. The van der Waals surface area contributed by atoms with Crippen LogP contribution in [0.2, 0.25) is 0 Å². The first-order valence-electron chi connectivity index (χ1n) is 8.89. The molecule has 2 aliphatic rings. The summed E-state index contributed by atoms with van der Waals surface area (Å²) in [6.07, 6.45) is 6.69. The molecule has 0 bridgehead atoms. The number of hydrogen-bond donors (Lipinski definition) is 1. The fourth-order valence-electron chi connectivity index (χ4n) is 3.13. The highest BCUT2D eigenvalue weighted by Gasteiger charge is 2.28. The van der Waals surface area contributed by atoms with E-state index < -0.39 is 0 Å². The quantitative estimate of drug-likeness (QED) is 0.871. The molecule has 1 amide bonds. The number of amides is 1. The lowest BCUT2D eigenvalue weighted by molar-refractivity contribution is 0.0859. The van der Waals surface area contributed by atoms with Gasteiger partial charge in [0.2, 0.25) is 0 Å². The zero-order valence-corrected chi connectivity index (χ0v) is 14.1. The van der Waals surface area contributed by atoms with Crippen molar-refractivity contribution in [3.63, 3.8) is 0 Å². The fraction of sp³-hybridized carbons (Fsp3) is 0.474. The van der Waals surface area contributed by atoms with E-state index in [1.165, 1.54) is 12.8 Å². The third-order valence-corrected chi connectivity index (χ3v) is 4.79. The van der Waals surface area contributed by atoms with E-state index in [4.69, 9.17) is 13.9 Å². The molecule has 1 aromatic heterocycles. The Morgan fingerprint density at radius 3 is 2.88 bits per heavy atom. The fourth-order valence-corrected chi connectivity index (χ4v) is 3.13. The molecule has 1 aliphatic heterocycles. The molecule has 6 nitrogen and oxygen atoms in total. The highest BCUT2D eigenvalue weighted by molar-refractivity contribution is 5.93. The number of hydrogen-bond acceptors (Lipinski definition) is 5. The number of aromatic nitrogens is 1. The Morgan fingerprint density at radius 1 is 1.24 bits per heavy atom. The van der Waals surface area contributed by atoms with Crippen molar-refractivity contribution in [3.8, 4) is 5.75 Å². The van der Waals surface area contributed by atoms with Crippen LogP contribution in [0.1, 0.15) is 60.0 Å². The average Bonchev–Trinajstić information content (AvgIpc) is 3.27. The third-order valence-electron chi connectivity index (χ3n) is 4.79. The molecule has 0 unspecified atom stereocenters. The zero-order chi connectivity index (χ0) is 17.1. The molecule has 4 rings (SSSR count). The van der Waals surface area contributed by atoms with E-state index in [2.05, 4.69) is 10.3 Å². The molecular weight excluding hydrogens is 320 g/mol. The summed E-state index contributed by atoms with van der Waals surface area (Å²) in [7, 11) is 0. The van der Waals surface area contributed by atoms with Gasteiger partial charge in [-0.3, -0.25) is 4.79 Å². The van der Waals surface area contributed by atoms with Crippen LogP contribution in [0.5, 0.6) is 5.75 Å². The van der Waals surface area contributed by atoms with Gasteiger partial charge < -0.3 is 19.2 Å². The number of oxazole rings is 1. The number of benzene rings is 1. The Balaban J connectivity index is 1.41. The Labute approximate surface area is 146 Å². The van der Waals surface area contributed by atoms with Gasteiger partial charge in [-0.2, -0.15) is 0 Å². The van der Waals surface area contributed by atoms with Gasteiger partial charge in [-0.05, 0) is 38.2 Å². The average molecular weight is 342 g/mol. The first kappa shape index (κ1) is 16.1. The van der Waals surface area contributed by atoms with E-state index in [1.54, 1.807) is 0 Å². The van der Waals surface area contributed by atoms with Crippen LogP contribution in [0.25, 0.3) is 0 Å². The van der Waals surface area contributed by atoms with E-state index in [-0.39, 0.29) is 12.0 Å². The molecule has 0 radical (unpaired) electrons. The predicted molar refractivity (Wildman–Crippen MR) is 90.3 cm³/mol. The highest BCUT2D eigenvalue weighted by Crippen LogP contribution is 2.31. The number of rotatable bonds is 6. The molecule has 2 heterocycles. The molecule has 1 N–H and O–H groups in total. The van der Waals surface area contributed by atoms with Gasteiger partial charge in [0.15, 0.2) is 17.8 Å². The number of nitrogens with zero attached hydrogens (tertiary/aromatic N) is 1. The lowest BCUT2D eigenvalue weighted by atomic mass is 9.96. The normalized spacial score (nSPS) is 20.2. The highest BCUT2D eigenvalue weighted by atomic mass is 16.5. The maximum atomic E-state index is 12.5. The molecule has 6 heteroatoms. The van der Waals surface area contributed by atoms with Gasteiger partial charge in [-0.25, -0.2) is 4.98 Å². The van der Waals surface area contributed by atoms with Gasteiger partial charge in [0.25, 0.3) is 5.91 Å². The first-order chi connectivity index (χ1) is 12.3. The summed E-state index contributed by atoms with van der Waals surface area (Å²) in [6.45, 7) is 1.08. The molecular formula is C19H22N2O4. The lowest BCUT2D eigenvalue weighted by Gasteiger charge is -2.27. The lowest BCUT2D eigenvalue weighted by Crippen LogP contribution is -2.27. The van der Waals surface area contributed by atoms with Crippen LogP contribution in [0.4, 0.5) is 0 Å². The monoisotopic (exact) mass is 342 g/mol. The number of carbonyl (C=O) groups excluding carboxylic acids is 1. The zero-order valence-electron chi connectivity index (χ0n) is 14.1. The van der Waals surface area contributed by atoms with Crippen LogP contribution < -0.4 is 10.1 Å². The van der Waals surface area contributed by atoms with Crippen molar-refractivity contribution >= 4 is 5.91 Å². The summed E-state index contributed by atoms with van der Waals surface area (Å²) in [6, 6.07) is 7.82. The smallest absolute Gasteiger partial charge is 0.273 e. The summed E-state index contributed by atoms with van der Waals surface area (Å²) in [5.74, 6) is 1.11. The Kier molecular flexibility index (Phi) is 4.70. The van der Waals surface area contributed by atoms with Gasteiger partial charge in [0.05, 0.1) is 6.10 Å². The van der Waals surface area contributed by atoms with Crippen molar-refractivity contribution in [3.05, 3.63) is 47.7 Å². The summed E-state index contributed by atoms with van der Waals surface area (Å²) in [5.41, 5.74) is 1.27. The molecule has 2 aromatic rings. The minimum atomic E-state index is -0.252. The second kappa shape index (κ2) is 7.27. The van der Waals surface area contributed by atoms with Crippen LogP contribution in [0.3, 0.4) is 0 Å². The second-order valence-corrected chi connectivity index (χ2v) is 6.53. The van der Waals surface area contributed by atoms with Crippen molar-refractivity contribution in [1.82, 2.24) is 10.3 Å². The molecule has 1 aromatic carbocycles. The Morgan fingerprint density at radius 2 is 2.12 bits per heavy atom. The van der Waals surface area contributed by atoms with Crippen molar-refractivity contribution in [2.45, 2.75) is 50.9 Å². The van der Waals surface area contributed by atoms with Crippen LogP contribution in [-0.2, 0) is 11.3 Å². The van der Waals surface area contributed by atoms with E-state index in [0.29, 0.717) is 30.7 Å². The minimum Gasteiger partial charge on any atom is -0.490 e. The second-order valence-electron chi connectivity index (χ2n) is 6.53. The Bertz CT molecular complexity index is 733. The molecule has 1 saturated carbocycles. The summed E-state index contributed by atoms with van der Waals surface area (Å²) < 4.78 is 17.0. The molecule has 1 saturated heterocycles. The maximum Gasteiger partial charge on any atom is 0.273 e. The van der Waals surface area contributed by atoms with Gasteiger partial charge >= 0.3 is 0 Å². The van der Waals surface area contributed by atoms with Gasteiger partial charge in [0, 0.05) is 18.7 Å². The Hall–Kier alpha value is -2.34. The standard InChI is InChI=1S/C19H22N2O4/c22-19(17-18(24-12-21-17)16-9-4-10-23-16)20-11-13-5-1-2-8-15(13)25-14-6-3-7-14/h1-2,5,8,12,14,16H,3-4,6-7,9-11H2,(H,20,22)/t16-/m0/s1. The molecule has 132 valence electrons.